The molecule has 1 rings (SSSR count). The fraction of sp³-hybridized carbons (Fsp3) is 0.529. The Balaban J connectivity index is 2.96. The summed E-state index contributed by atoms with van der Waals surface area (Å²) in [5.41, 5.74) is 0.758. The van der Waals surface area contributed by atoms with E-state index in [0.29, 0.717) is 5.92 Å². The number of hydrogen-bond donors (Lipinski definition) is 0. The lowest BCUT2D eigenvalue weighted by atomic mass is 9.77. The molecule has 0 aliphatic rings. The van der Waals surface area contributed by atoms with Crippen molar-refractivity contribution in [3.63, 3.8) is 0 Å². The lowest BCUT2D eigenvalue weighted by Crippen LogP contribution is -2.37. The lowest BCUT2D eigenvalue weighted by Gasteiger charge is -2.31. The SMILES string of the molecule is COC(=O)[C@@H](N=Cc1ccccc1)C(C)(C)CC(C)C. The van der Waals surface area contributed by atoms with Gasteiger partial charge in [-0.3, -0.25) is 4.99 Å². The van der Waals surface area contributed by atoms with Crippen molar-refractivity contribution in [1.82, 2.24) is 0 Å². The van der Waals surface area contributed by atoms with Crippen molar-refractivity contribution in [1.29, 1.82) is 0 Å². The molecular formula is C17H25NO2. The number of hydrogen-bond acceptors (Lipinski definition) is 3. The van der Waals surface area contributed by atoms with Crippen LogP contribution in [0, 0.1) is 11.3 Å². The Kier molecular flexibility index (Phi) is 5.93. The summed E-state index contributed by atoms with van der Waals surface area (Å²) in [6.07, 6.45) is 2.67. The van der Waals surface area contributed by atoms with Crippen LogP contribution in [0.15, 0.2) is 35.3 Å². The standard InChI is InChI=1S/C17H25NO2/c1-13(2)11-17(3,4)15(16(19)20-5)18-12-14-9-7-6-8-10-14/h6-10,12-13,15H,11H2,1-5H3/t15-/m1/s1. The summed E-state index contributed by atoms with van der Waals surface area (Å²) in [4.78, 5) is 16.5. The molecule has 0 amide bonds. The Morgan fingerprint density at radius 2 is 1.90 bits per heavy atom. The first-order valence-electron chi connectivity index (χ1n) is 7.03. The molecule has 110 valence electrons. The molecule has 20 heavy (non-hydrogen) atoms. The Bertz CT molecular complexity index is 449. The lowest BCUT2D eigenvalue weighted by molar-refractivity contribution is -0.145. The summed E-state index contributed by atoms with van der Waals surface area (Å²) in [5, 5.41) is 0. The number of rotatable bonds is 6. The van der Waals surface area contributed by atoms with E-state index < -0.39 is 6.04 Å². The molecule has 3 nitrogen and oxygen atoms in total. The van der Waals surface area contributed by atoms with Crippen LogP contribution in [0.3, 0.4) is 0 Å². The molecule has 1 aromatic rings. The van der Waals surface area contributed by atoms with Crippen LogP contribution >= 0.6 is 0 Å². The number of esters is 1. The smallest absolute Gasteiger partial charge is 0.331 e. The van der Waals surface area contributed by atoms with Crippen LogP contribution in [0.5, 0.6) is 0 Å². The second kappa shape index (κ2) is 7.22. The second-order valence-electron chi connectivity index (χ2n) is 6.20. The van der Waals surface area contributed by atoms with E-state index in [1.165, 1.54) is 7.11 Å². The average Bonchev–Trinajstić information content (AvgIpc) is 2.38. The van der Waals surface area contributed by atoms with Crippen LogP contribution in [0.2, 0.25) is 0 Å². The van der Waals surface area contributed by atoms with Crippen molar-refractivity contribution in [3.8, 4) is 0 Å². The summed E-state index contributed by atoms with van der Waals surface area (Å²) in [5.74, 6) is 0.229. The van der Waals surface area contributed by atoms with Gasteiger partial charge in [-0.05, 0) is 23.3 Å². The van der Waals surface area contributed by atoms with Crippen molar-refractivity contribution in [3.05, 3.63) is 35.9 Å². The summed E-state index contributed by atoms with van der Waals surface area (Å²) in [6.45, 7) is 8.43. The maximum Gasteiger partial charge on any atom is 0.331 e. The molecule has 0 unspecified atom stereocenters. The zero-order valence-corrected chi connectivity index (χ0v) is 13.1. The fourth-order valence-corrected chi connectivity index (χ4v) is 2.56. The summed E-state index contributed by atoms with van der Waals surface area (Å²) < 4.78 is 4.92. The maximum absolute atomic E-state index is 12.0. The molecule has 0 aromatic heterocycles. The molecule has 0 aliphatic heterocycles. The van der Waals surface area contributed by atoms with Gasteiger partial charge >= 0.3 is 5.97 Å². The first-order chi connectivity index (χ1) is 9.36. The van der Waals surface area contributed by atoms with Gasteiger partial charge in [0, 0.05) is 6.21 Å². The number of nitrogens with zero attached hydrogens (tertiary/aromatic N) is 1. The van der Waals surface area contributed by atoms with Crippen molar-refractivity contribution in [2.45, 2.75) is 40.2 Å². The van der Waals surface area contributed by atoms with E-state index in [1.54, 1.807) is 6.21 Å². The van der Waals surface area contributed by atoms with Gasteiger partial charge in [-0.15, -0.1) is 0 Å². The molecule has 0 heterocycles. The third-order valence-electron chi connectivity index (χ3n) is 3.27. The monoisotopic (exact) mass is 275 g/mol. The molecule has 0 fully saturated rings. The second-order valence-corrected chi connectivity index (χ2v) is 6.20. The van der Waals surface area contributed by atoms with Gasteiger partial charge in [0.1, 0.15) is 0 Å². The van der Waals surface area contributed by atoms with Crippen LogP contribution in [0.1, 0.15) is 39.7 Å². The molecule has 0 saturated carbocycles. The zero-order valence-electron chi connectivity index (χ0n) is 13.1. The fourth-order valence-electron chi connectivity index (χ4n) is 2.56. The van der Waals surface area contributed by atoms with Gasteiger partial charge in [0.2, 0.25) is 0 Å². The summed E-state index contributed by atoms with van der Waals surface area (Å²) >= 11 is 0. The van der Waals surface area contributed by atoms with Crippen LogP contribution in [-0.4, -0.2) is 25.3 Å². The van der Waals surface area contributed by atoms with E-state index in [-0.39, 0.29) is 11.4 Å². The van der Waals surface area contributed by atoms with E-state index in [0.717, 1.165) is 12.0 Å². The van der Waals surface area contributed by atoms with Crippen LogP contribution in [0.25, 0.3) is 0 Å². The predicted octanol–water partition coefficient (Wildman–Crippen LogP) is 3.72. The first-order valence-corrected chi connectivity index (χ1v) is 7.03. The summed E-state index contributed by atoms with van der Waals surface area (Å²) in [6, 6.07) is 9.31. The molecule has 3 heteroatoms. The molecule has 0 radical (unpaired) electrons. The third-order valence-corrected chi connectivity index (χ3v) is 3.27. The average molecular weight is 275 g/mol. The van der Waals surface area contributed by atoms with E-state index >= 15 is 0 Å². The first kappa shape index (κ1) is 16.4. The Hall–Kier alpha value is -1.64. The Labute approximate surface area is 122 Å². The van der Waals surface area contributed by atoms with E-state index in [2.05, 4.69) is 32.7 Å². The molecule has 1 aromatic carbocycles. The quantitative estimate of drug-likeness (QED) is 0.586. The minimum Gasteiger partial charge on any atom is -0.467 e. The van der Waals surface area contributed by atoms with Gasteiger partial charge in [0.15, 0.2) is 6.04 Å². The topological polar surface area (TPSA) is 38.7 Å². The number of carbonyl (C=O) groups excluding carboxylic acids is 1. The predicted molar refractivity (Wildman–Crippen MR) is 83.1 cm³/mol. The highest BCUT2D eigenvalue weighted by molar-refractivity contribution is 5.84. The van der Waals surface area contributed by atoms with Gasteiger partial charge in [0.05, 0.1) is 7.11 Å². The molecule has 0 saturated heterocycles. The highest BCUT2D eigenvalue weighted by Crippen LogP contribution is 2.32. The molecule has 1 atom stereocenters. The number of methoxy groups -OCH3 is 1. The van der Waals surface area contributed by atoms with Crippen LogP contribution < -0.4 is 0 Å². The van der Waals surface area contributed by atoms with Gasteiger partial charge in [-0.2, -0.15) is 0 Å². The summed E-state index contributed by atoms with van der Waals surface area (Å²) in [7, 11) is 1.42. The van der Waals surface area contributed by atoms with Crippen molar-refractivity contribution < 1.29 is 9.53 Å². The number of carbonyl (C=O) groups is 1. The van der Waals surface area contributed by atoms with Gasteiger partial charge in [0.25, 0.3) is 0 Å². The van der Waals surface area contributed by atoms with Crippen molar-refractivity contribution in [2.24, 2.45) is 16.3 Å². The Morgan fingerprint density at radius 3 is 2.40 bits per heavy atom. The highest BCUT2D eigenvalue weighted by Gasteiger charge is 2.36. The van der Waals surface area contributed by atoms with Gasteiger partial charge in [-0.25, -0.2) is 4.79 Å². The largest absolute Gasteiger partial charge is 0.467 e. The molecule has 0 spiro atoms. The van der Waals surface area contributed by atoms with E-state index in [1.807, 2.05) is 30.3 Å². The molecule has 0 aliphatic carbocycles. The van der Waals surface area contributed by atoms with Crippen molar-refractivity contribution >= 4 is 12.2 Å². The maximum atomic E-state index is 12.0. The number of ether oxygens (including phenoxy) is 1. The minimum atomic E-state index is -0.477. The van der Waals surface area contributed by atoms with Crippen LogP contribution in [0.4, 0.5) is 0 Å². The molecule has 0 bridgehead atoms. The normalized spacial score (nSPS) is 13.7. The third kappa shape index (κ3) is 4.80. The van der Waals surface area contributed by atoms with E-state index in [9.17, 15) is 4.79 Å². The van der Waals surface area contributed by atoms with Gasteiger partial charge in [-0.1, -0.05) is 58.0 Å². The molecule has 0 N–H and O–H groups in total. The van der Waals surface area contributed by atoms with Crippen molar-refractivity contribution in [2.75, 3.05) is 7.11 Å². The minimum absolute atomic E-state index is 0.230. The molecular weight excluding hydrogens is 250 g/mol. The zero-order chi connectivity index (χ0) is 15.2. The van der Waals surface area contributed by atoms with E-state index in [4.69, 9.17) is 4.74 Å². The number of aliphatic imine (C=N–C) groups is 1. The number of benzene rings is 1. The van der Waals surface area contributed by atoms with Crippen LogP contribution in [-0.2, 0) is 9.53 Å². The Morgan fingerprint density at radius 1 is 1.30 bits per heavy atom. The highest BCUT2D eigenvalue weighted by atomic mass is 16.5. The van der Waals surface area contributed by atoms with Gasteiger partial charge < -0.3 is 4.74 Å².